The first kappa shape index (κ1) is 13.4. The molecule has 1 heterocycles. The molecule has 1 amide bonds. The highest BCUT2D eigenvalue weighted by molar-refractivity contribution is 7.16. The monoisotopic (exact) mass is 287 g/mol. The minimum Gasteiger partial charge on any atom is -0.474 e. The molecule has 0 unspecified atom stereocenters. The van der Waals surface area contributed by atoms with Gasteiger partial charge in [0.05, 0.1) is 9.88 Å². The maximum atomic E-state index is 11.5. The van der Waals surface area contributed by atoms with Crippen LogP contribution in [0, 0.1) is 0 Å². The molecule has 4 nitrogen and oxygen atoms in total. The van der Waals surface area contributed by atoms with Crippen LogP contribution in [0.5, 0.6) is 0 Å². The van der Waals surface area contributed by atoms with Crippen LogP contribution in [0.2, 0.25) is 4.34 Å². The van der Waals surface area contributed by atoms with Gasteiger partial charge in [0, 0.05) is 4.88 Å². The number of carboxylic acids is 1. The van der Waals surface area contributed by atoms with Gasteiger partial charge in [-0.3, -0.25) is 4.79 Å². The lowest BCUT2D eigenvalue weighted by Crippen LogP contribution is -2.49. The molecule has 18 heavy (non-hydrogen) atoms. The van der Waals surface area contributed by atoms with E-state index in [0.29, 0.717) is 4.34 Å². The first-order valence-corrected chi connectivity index (χ1v) is 7.04. The number of amides is 1. The summed E-state index contributed by atoms with van der Waals surface area (Å²) in [6.45, 7) is 0. The fraction of sp³-hybridized carbons (Fsp3) is 0.500. The quantitative estimate of drug-likeness (QED) is 0.822. The van der Waals surface area contributed by atoms with Gasteiger partial charge in [-0.2, -0.15) is 0 Å². The van der Waals surface area contributed by atoms with Crippen LogP contribution < -0.4 is 5.32 Å². The summed E-state index contributed by atoms with van der Waals surface area (Å²) in [6, 6.07) is 3.66. The Morgan fingerprint density at radius 1 is 1.28 bits per heavy atom. The molecule has 1 aromatic heterocycles. The number of aliphatic carboxylic acids is 1. The lowest BCUT2D eigenvalue weighted by atomic mass is 9.80. The minimum absolute atomic E-state index is 0.550. The van der Waals surface area contributed by atoms with E-state index in [4.69, 9.17) is 16.7 Å². The lowest BCUT2D eigenvalue weighted by Gasteiger charge is -2.36. The normalized spacial score (nSPS) is 18.3. The van der Waals surface area contributed by atoms with Crippen molar-refractivity contribution in [1.82, 2.24) is 5.32 Å². The van der Waals surface area contributed by atoms with Crippen LogP contribution in [0.25, 0.3) is 0 Å². The van der Waals surface area contributed by atoms with Crippen molar-refractivity contribution in [2.45, 2.75) is 37.6 Å². The highest BCUT2D eigenvalue weighted by atomic mass is 35.5. The third-order valence-electron chi connectivity index (χ3n) is 3.30. The molecular weight excluding hydrogens is 274 g/mol. The molecule has 1 saturated carbocycles. The summed E-state index contributed by atoms with van der Waals surface area (Å²) in [5.41, 5.74) is -0.550. The van der Waals surface area contributed by atoms with Gasteiger partial charge in [0.25, 0.3) is 0 Å². The molecule has 2 N–H and O–H groups in total. The third kappa shape index (κ3) is 2.67. The molecule has 6 heteroatoms. The average Bonchev–Trinajstić information content (AvgIpc) is 2.77. The molecule has 0 aromatic carbocycles. The van der Waals surface area contributed by atoms with Crippen molar-refractivity contribution in [1.29, 1.82) is 0 Å². The van der Waals surface area contributed by atoms with Crippen LogP contribution in [-0.4, -0.2) is 17.0 Å². The van der Waals surface area contributed by atoms with Crippen LogP contribution >= 0.6 is 22.9 Å². The van der Waals surface area contributed by atoms with E-state index in [1.165, 1.54) is 11.3 Å². The summed E-state index contributed by atoms with van der Waals surface area (Å²) >= 11 is 7.33. The van der Waals surface area contributed by atoms with Gasteiger partial charge < -0.3 is 10.4 Å². The molecule has 0 aliphatic heterocycles. The molecule has 0 atom stereocenters. The van der Waals surface area contributed by atoms with Gasteiger partial charge in [-0.1, -0.05) is 30.9 Å². The van der Waals surface area contributed by atoms with E-state index in [-0.39, 0.29) is 0 Å². The summed E-state index contributed by atoms with van der Waals surface area (Å²) in [4.78, 5) is 23.1. The molecule has 0 spiro atoms. The van der Waals surface area contributed by atoms with Crippen LogP contribution in [0.3, 0.4) is 0 Å². The topological polar surface area (TPSA) is 66.4 Å². The van der Waals surface area contributed by atoms with Gasteiger partial charge in [-0.25, -0.2) is 4.79 Å². The molecule has 0 radical (unpaired) electrons. The summed E-state index contributed by atoms with van der Waals surface area (Å²) in [5, 5.41) is 11.4. The Labute approximate surface area is 114 Å². The fourth-order valence-corrected chi connectivity index (χ4v) is 3.68. The van der Waals surface area contributed by atoms with E-state index < -0.39 is 17.4 Å². The second-order valence-corrected chi connectivity index (χ2v) is 6.22. The SMILES string of the molecule is O=C(O)C(=O)NC1(c2ccc(Cl)s2)CCCCC1. The zero-order valence-corrected chi connectivity index (χ0v) is 11.3. The highest BCUT2D eigenvalue weighted by Gasteiger charge is 2.37. The van der Waals surface area contributed by atoms with E-state index >= 15 is 0 Å². The first-order valence-electron chi connectivity index (χ1n) is 5.85. The number of carbonyl (C=O) groups is 2. The molecule has 0 bridgehead atoms. The van der Waals surface area contributed by atoms with Crippen LogP contribution in [0.15, 0.2) is 12.1 Å². The number of nitrogens with one attached hydrogen (secondary N) is 1. The molecule has 1 aliphatic rings. The Bertz CT molecular complexity index is 466. The standard InChI is InChI=1S/C12H14ClNO3S/c13-9-5-4-8(18-9)12(6-2-1-3-7-12)14-10(15)11(16)17/h4-5H,1-3,6-7H2,(H,14,15)(H,16,17). The fourth-order valence-electron chi connectivity index (χ4n) is 2.43. The number of rotatable bonds is 2. The third-order valence-corrected chi connectivity index (χ3v) is 4.73. The Balaban J connectivity index is 2.28. The van der Waals surface area contributed by atoms with Gasteiger partial charge in [0.1, 0.15) is 0 Å². The Kier molecular flexibility index (Phi) is 3.92. The average molecular weight is 288 g/mol. The smallest absolute Gasteiger partial charge is 0.394 e. The number of hydrogen-bond donors (Lipinski definition) is 2. The van der Waals surface area contributed by atoms with E-state index in [0.717, 1.165) is 37.0 Å². The Morgan fingerprint density at radius 2 is 1.94 bits per heavy atom. The molecular formula is C12H14ClNO3S. The number of hydrogen-bond acceptors (Lipinski definition) is 3. The minimum atomic E-state index is -1.44. The van der Waals surface area contributed by atoms with Crippen LogP contribution in [0.4, 0.5) is 0 Å². The number of carboxylic acid groups (broad SMARTS) is 1. The van der Waals surface area contributed by atoms with Crippen molar-refractivity contribution >= 4 is 34.8 Å². The van der Waals surface area contributed by atoms with E-state index in [9.17, 15) is 9.59 Å². The zero-order chi connectivity index (χ0) is 13.2. The maximum Gasteiger partial charge on any atom is 0.394 e. The summed E-state index contributed by atoms with van der Waals surface area (Å²) in [7, 11) is 0. The van der Waals surface area contributed by atoms with Gasteiger partial charge in [0.2, 0.25) is 0 Å². The van der Waals surface area contributed by atoms with Crippen LogP contribution in [0.1, 0.15) is 37.0 Å². The Hall–Kier alpha value is -1.07. The van der Waals surface area contributed by atoms with Crippen LogP contribution in [-0.2, 0) is 15.1 Å². The summed E-state index contributed by atoms with van der Waals surface area (Å²) in [6.07, 6.45) is 4.61. The molecule has 2 rings (SSSR count). The lowest BCUT2D eigenvalue weighted by molar-refractivity contribution is -0.151. The second-order valence-electron chi connectivity index (χ2n) is 4.51. The highest BCUT2D eigenvalue weighted by Crippen LogP contribution is 2.41. The van der Waals surface area contributed by atoms with Crippen molar-refractivity contribution in [2.24, 2.45) is 0 Å². The van der Waals surface area contributed by atoms with E-state index in [1.54, 1.807) is 6.07 Å². The largest absolute Gasteiger partial charge is 0.474 e. The van der Waals surface area contributed by atoms with Crippen molar-refractivity contribution < 1.29 is 14.7 Å². The zero-order valence-electron chi connectivity index (χ0n) is 9.74. The number of carbonyl (C=O) groups excluding carboxylic acids is 1. The van der Waals surface area contributed by atoms with Crippen molar-refractivity contribution in [3.05, 3.63) is 21.3 Å². The number of halogens is 1. The maximum absolute atomic E-state index is 11.5. The van der Waals surface area contributed by atoms with E-state index in [2.05, 4.69) is 5.32 Å². The summed E-state index contributed by atoms with van der Waals surface area (Å²) in [5.74, 6) is -2.39. The predicted molar refractivity (Wildman–Crippen MR) is 69.9 cm³/mol. The molecule has 1 aromatic rings. The van der Waals surface area contributed by atoms with E-state index in [1.807, 2.05) is 6.07 Å². The molecule has 1 aliphatic carbocycles. The van der Waals surface area contributed by atoms with Crippen molar-refractivity contribution in [2.75, 3.05) is 0 Å². The van der Waals surface area contributed by atoms with Gasteiger partial charge in [0.15, 0.2) is 0 Å². The van der Waals surface area contributed by atoms with Gasteiger partial charge >= 0.3 is 11.9 Å². The molecule has 0 saturated heterocycles. The number of thiophene rings is 1. The Morgan fingerprint density at radius 3 is 2.44 bits per heavy atom. The summed E-state index contributed by atoms with van der Waals surface area (Å²) < 4.78 is 0.652. The van der Waals surface area contributed by atoms with Gasteiger partial charge in [-0.15, -0.1) is 11.3 Å². The van der Waals surface area contributed by atoms with Crippen molar-refractivity contribution in [3.63, 3.8) is 0 Å². The molecule has 1 fully saturated rings. The van der Waals surface area contributed by atoms with Gasteiger partial charge in [-0.05, 0) is 25.0 Å². The second kappa shape index (κ2) is 5.28. The predicted octanol–water partition coefficient (Wildman–Crippen LogP) is 2.76. The van der Waals surface area contributed by atoms with Crippen molar-refractivity contribution in [3.8, 4) is 0 Å². The first-order chi connectivity index (χ1) is 8.53. The molecule has 98 valence electrons.